The molecule has 0 bridgehead atoms. The molecule has 9 heteroatoms. The number of carbonyl (C=O) groups excluding carboxylic acids is 2. The number of nitro benzene ring substituents is 1. The molecule has 1 aliphatic heterocycles. The van der Waals surface area contributed by atoms with Crippen LogP contribution in [0.15, 0.2) is 42.5 Å². The van der Waals surface area contributed by atoms with Crippen molar-refractivity contribution in [1.29, 1.82) is 0 Å². The molecule has 1 aliphatic rings. The highest BCUT2D eigenvalue weighted by Gasteiger charge is 2.25. The van der Waals surface area contributed by atoms with Crippen molar-refractivity contribution >= 4 is 23.3 Å². The standard InChI is InChI=1S/C19H18FN3O5/c1-28-19(25)14-10-13(11-17(12-14)23(26)27)18(24)22-8-6-21(7-9-22)16-4-2-15(20)3-5-16/h2-5,10-12H,6-9H2,1H3. The molecule has 3 rings (SSSR count). The third-order valence-corrected chi connectivity index (χ3v) is 4.56. The molecule has 1 heterocycles. The molecule has 2 aromatic carbocycles. The molecule has 0 N–H and O–H groups in total. The fourth-order valence-electron chi connectivity index (χ4n) is 3.08. The zero-order chi connectivity index (χ0) is 20.3. The molecule has 0 saturated carbocycles. The summed E-state index contributed by atoms with van der Waals surface area (Å²) in [5.41, 5.74) is 0.517. The summed E-state index contributed by atoms with van der Waals surface area (Å²) >= 11 is 0. The zero-order valence-corrected chi connectivity index (χ0v) is 15.1. The van der Waals surface area contributed by atoms with Gasteiger partial charge in [-0.3, -0.25) is 14.9 Å². The lowest BCUT2D eigenvalue weighted by atomic mass is 10.1. The molecule has 146 valence electrons. The van der Waals surface area contributed by atoms with Crippen molar-refractivity contribution in [2.24, 2.45) is 0 Å². The molecule has 0 atom stereocenters. The molecule has 0 aromatic heterocycles. The first-order valence-electron chi connectivity index (χ1n) is 8.56. The SMILES string of the molecule is COC(=O)c1cc(C(=O)N2CCN(c3ccc(F)cc3)CC2)cc([N+](=O)[O-])c1. The number of rotatable bonds is 4. The lowest BCUT2D eigenvalue weighted by Gasteiger charge is -2.36. The number of methoxy groups -OCH3 is 1. The average molecular weight is 387 g/mol. The molecule has 1 fully saturated rings. The van der Waals surface area contributed by atoms with Crippen LogP contribution in [0.25, 0.3) is 0 Å². The van der Waals surface area contributed by atoms with Crippen LogP contribution in [-0.2, 0) is 4.74 Å². The van der Waals surface area contributed by atoms with E-state index < -0.39 is 16.8 Å². The number of esters is 1. The van der Waals surface area contributed by atoms with Crippen LogP contribution in [0.3, 0.4) is 0 Å². The fraction of sp³-hybridized carbons (Fsp3) is 0.263. The number of piperazine rings is 1. The second-order valence-electron chi connectivity index (χ2n) is 6.27. The first kappa shape index (κ1) is 19.3. The summed E-state index contributed by atoms with van der Waals surface area (Å²) in [7, 11) is 1.16. The van der Waals surface area contributed by atoms with Crippen LogP contribution >= 0.6 is 0 Å². The van der Waals surface area contributed by atoms with E-state index in [-0.39, 0.29) is 22.6 Å². The molecule has 0 radical (unpaired) electrons. The van der Waals surface area contributed by atoms with E-state index in [2.05, 4.69) is 4.74 Å². The van der Waals surface area contributed by atoms with E-state index >= 15 is 0 Å². The smallest absolute Gasteiger partial charge is 0.338 e. The summed E-state index contributed by atoms with van der Waals surface area (Å²) in [6.45, 7) is 1.87. The van der Waals surface area contributed by atoms with Gasteiger partial charge in [-0.2, -0.15) is 0 Å². The molecule has 0 aliphatic carbocycles. The lowest BCUT2D eigenvalue weighted by Crippen LogP contribution is -2.48. The van der Waals surface area contributed by atoms with E-state index in [4.69, 9.17) is 0 Å². The molecular weight excluding hydrogens is 369 g/mol. The van der Waals surface area contributed by atoms with Crippen LogP contribution in [0.5, 0.6) is 0 Å². The summed E-state index contributed by atoms with van der Waals surface area (Å²) in [5.74, 6) is -1.46. The normalized spacial score (nSPS) is 13.9. The summed E-state index contributed by atoms with van der Waals surface area (Å²) in [6.07, 6.45) is 0. The Labute approximate surface area is 160 Å². The second kappa shape index (κ2) is 8.03. The van der Waals surface area contributed by atoms with Crippen molar-refractivity contribution < 1.29 is 23.6 Å². The monoisotopic (exact) mass is 387 g/mol. The number of halogens is 1. The second-order valence-corrected chi connectivity index (χ2v) is 6.27. The van der Waals surface area contributed by atoms with Gasteiger partial charge in [0.25, 0.3) is 11.6 Å². The number of anilines is 1. The Morgan fingerprint density at radius 1 is 1.04 bits per heavy atom. The maximum Gasteiger partial charge on any atom is 0.338 e. The van der Waals surface area contributed by atoms with Gasteiger partial charge in [0.15, 0.2) is 0 Å². The first-order valence-corrected chi connectivity index (χ1v) is 8.56. The lowest BCUT2D eigenvalue weighted by molar-refractivity contribution is -0.384. The van der Waals surface area contributed by atoms with Gasteiger partial charge in [-0.25, -0.2) is 9.18 Å². The van der Waals surface area contributed by atoms with Crippen LogP contribution in [0.1, 0.15) is 20.7 Å². The molecule has 1 amide bonds. The van der Waals surface area contributed by atoms with E-state index in [1.807, 2.05) is 4.90 Å². The summed E-state index contributed by atoms with van der Waals surface area (Å²) in [4.78, 5) is 38.6. The molecule has 1 saturated heterocycles. The van der Waals surface area contributed by atoms with Crippen LogP contribution in [0, 0.1) is 15.9 Å². The third kappa shape index (κ3) is 4.08. The van der Waals surface area contributed by atoms with Crippen molar-refractivity contribution in [3.63, 3.8) is 0 Å². The van der Waals surface area contributed by atoms with Crippen molar-refractivity contribution in [3.8, 4) is 0 Å². The Hall–Kier alpha value is -3.49. The van der Waals surface area contributed by atoms with Gasteiger partial charge in [-0.15, -0.1) is 0 Å². The number of benzene rings is 2. The van der Waals surface area contributed by atoms with Gasteiger partial charge in [-0.1, -0.05) is 0 Å². The number of carbonyl (C=O) groups is 2. The van der Waals surface area contributed by atoms with Crippen molar-refractivity contribution in [2.45, 2.75) is 0 Å². The predicted octanol–water partition coefficient (Wildman–Crippen LogP) is 2.48. The van der Waals surface area contributed by atoms with Gasteiger partial charge in [-0.05, 0) is 30.3 Å². The highest BCUT2D eigenvalue weighted by Crippen LogP contribution is 2.21. The number of hydrogen-bond donors (Lipinski definition) is 0. The number of hydrogen-bond acceptors (Lipinski definition) is 6. The van der Waals surface area contributed by atoms with Gasteiger partial charge in [0.05, 0.1) is 17.6 Å². The van der Waals surface area contributed by atoms with Gasteiger partial charge in [0.1, 0.15) is 5.82 Å². The maximum absolute atomic E-state index is 13.1. The number of nitrogens with zero attached hydrogens (tertiary/aromatic N) is 3. The highest BCUT2D eigenvalue weighted by molar-refractivity contribution is 5.99. The van der Waals surface area contributed by atoms with Crippen molar-refractivity contribution in [1.82, 2.24) is 4.90 Å². The quantitative estimate of drug-likeness (QED) is 0.455. The predicted molar refractivity (Wildman–Crippen MR) is 99.0 cm³/mol. The van der Waals surface area contributed by atoms with E-state index in [0.29, 0.717) is 26.2 Å². The van der Waals surface area contributed by atoms with Crippen LogP contribution < -0.4 is 4.90 Å². The molecule has 0 spiro atoms. The third-order valence-electron chi connectivity index (χ3n) is 4.56. The Bertz CT molecular complexity index is 908. The number of nitro groups is 1. The Kier molecular flexibility index (Phi) is 5.53. The Morgan fingerprint density at radius 3 is 2.21 bits per heavy atom. The fourth-order valence-corrected chi connectivity index (χ4v) is 3.08. The summed E-state index contributed by atoms with van der Waals surface area (Å²) in [5, 5.41) is 11.1. The van der Waals surface area contributed by atoms with E-state index in [9.17, 15) is 24.1 Å². The highest BCUT2D eigenvalue weighted by atomic mass is 19.1. The van der Waals surface area contributed by atoms with Crippen LogP contribution in [0.2, 0.25) is 0 Å². The molecular formula is C19H18FN3O5. The van der Waals surface area contributed by atoms with Crippen molar-refractivity contribution in [3.05, 3.63) is 69.5 Å². The Balaban J connectivity index is 1.75. The zero-order valence-electron chi connectivity index (χ0n) is 15.1. The van der Waals surface area contributed by atoms with Crippen LogP contribution in [-0.4, -0.2) is 55.0 Å². The van der Waals surface area contributed by atoms with Crippen LogP contribution in [0.4, 0.5) is 15.8 Å². The minimum Gasteiger partial charge on any atom is -0.465 e. The largest absolute Gasteiger partial charge is 0.465 e. The first-order chi connectivity index (χ1) is 13.4. The summed E-state index contributed by atoms with van der Waals surface area (Å²) in [6, 6.07) is 9.64. The minimum atomic E-state index is -0.751. The van der Waals surface area contributed by atoms with Crippen molar-refractivity contribution in [2.75, 3.05) is 38.2 Å². The maximum atomic E-state index is 13.1. The molecule has 0 unspecified atom stereocenters. The van der Waals surface area contributed by atoms with E-state index in [1.165, 1.54) is 18.2 Å². The van der Waals surface area contributed by atoms with E-state index in [0.717, 1.165) is 24.9 Å². The molecule has 2 aromatic rings. The van der Waals surface area contributed by atoms with Gasteiger partial charge in [0, 0.05) is 49.6 Å². The number of ether oxygens (including phenoxy) is 1. The minimum absolute atomic E-state index is 0.0509. The van der Waals surface area contributed by atoms with Gasteiger partial charge >= 0.3 is 5.97 Å². The average Bonchev–Trinajstić information content (AvgIpc) is 2.73. The molecule has 28 heavy (non-hydrogen) atoms. The Morgan fingerprint density at radius 2 is 1.64 bits per heavy atom. The van der Waals surface area contributed by atoms with E-state index in [1.54, 1.807) is 17.0 Å². The number of non-ortho nitro benzene ring substituents is 1. The number of amides is 1. The van der Waals surface area contributed by atoms with Gasteiger partial charge in [0.2, 0.25) is 0 Å². The summed E-state index contributed by atoms with van der Waals surface area (Å²) < 4.78 is 17.7. The molecule has 8 nitrogen and oxygen atoms in total. The van der Waals surface area contributed by atoms with Gasteiger partial charge < -0.3 is 14.5 Å². The topological polar surface area (TPSA) is 93.0 Å².